The summed E-state index contributed by atoms with van der Waals surface area (Å²) in [4.78, 5) is 5.09. The number of hydrogen-bond acceptors (Lipinski definition) is 4. The van der Waals surface area contributed by atoms with Gasteiger partial charge < -0.3 is 15.4 Å². The Balaban J connectivity index is 1.58. The first-order chi connectivity index (χ1) is 9.81. The summed E-state index contributed by atoms with van der Waals surface area (Å²) < 4.78 is 5.31. The molecule has 1 aliphatic heterocycles. The van der Waals surface area contributed by atoms with Crippen LogP contribution in [0.4, 0.5) is 5.69 Å². The van der Waals surface area contributed by atoms with Gasteiger partial charge in [0.15, 0.2) is 0 Å². The van der Waals surface area contributed by atoms with Crippen LogP contribution < -0.4 is 15.4 Å². The van der Waals surface area contributed by atoms with Gasteiger partial charge in [0.05, 0.1) is 7.11 Å². The maximum absolute atomic E-state index is 5.83. The zero-order chi connectivity index (χ0) is 13.9. The number of methoxy groups -OCH3 is 1. The quantitative estimate of drug-likeness (QED) is 0.905. The molecule has 2 unspecified atom stereocenters. The van der Waals surface area contributed by atoms with E-state index in [0.717, 1.165) is 50.4 Å². The number of hydrogen-bond donors (Lipinski definition) is 1. The lowest BCUT2D eigenvalue weighted by atomic mass is 9.78. The van der Waals surface area contributed by atoms with Crippen LogP contribution in [0.2, 0.25) is 0 Å². The molecule has 2 atom stereocenters. The Morgan fingerprint density at radius 2 is 2.00 bits per heavy atom. The van der Waals surface area contributed by atoms with Crippen molar-refractivity contribution >= 4 is 5.69 Å². The Labute approximate surface area is 121 Å². The minimum Gasteiger partial charge on any atom is -0.497 e. The van der Waals surface area contributed by atoms with E-state index >= 15 is 0 Å². The van der Waals surface area contributed by atoms with E-state index in [-0.39, 0.29) is 0 Å². The van der Waals surface area contributed by atoms with Crippen molar-refractivity contribution in [2.45, 2.75) is 18.9 Å². The van der Waals surface area contributed by atoms with Crippen molar-refractivity contribution in [1.29, 1.82) is 0 Å². The van der Waals surface area contributed by atoms with Crippen LogP contribution >= 0.6 is 0 Å². The summed E-state index contributed by atoms with van der Waals surface area (Å²) in [6.07, 6.45) is 2.65. The second kappa shape index (κ2) is 6.02. The predicted octanol–water partition coefficient (Wildman–Crippen LogP) is 1.55. The topological polar surface area (TPSA) is 41.7 Å². The first-order valence-electron chi connectivity index (χ1n) is 7.65. The van der Waals surface area contributed by atoms with Gasteiger partial charge in [-0.2, -0.15) is 0 Å². The van der Waals surface area contributed by atoms with Crippen molar-refractivity contribution < 1.29 is 4.74 Å². The zero-order valence-electron chi connectivity index (χ0n) is 12.3. The molecule has 4 nitrogen and oxygen atoms in total. The molecule has 2 fully saturated rings. The molecule has 0 spiro atoms. The molecule has 0 bridgehead atoms. The molecular formula is C16H25N3O. The highest BCUT2D eigenvalue weighted by molar-refractivity contribution is 5.51. The highest BCUT2D eigenvalue weighted by Crippen LogP contribution is 2.32. The number of anilines is 1. The Bertz CT molecular complexity index is 441. The number of nitrogens with two attached hydrogens (primary N) is 1. The van der Waals surface area contributed by atoms with Crippen LogP contribution in [0, 0.1) is 5.92 Å². The third-order valence-electron chi connectivity index (χ3n) is 4.88. The Kier molecular flexibility index (Phi) is 4.13. The monoisotopic (exact) mass is 275 g/mol. The van der Waals surface area contributed by atoms with E-state index in [1.54, 1.807) is 7.11 Å². The zero-order valence-corrected chi connectivity index (χ0v) is 12.3. The number of piperazine rings is 1. The second-order valence-corrected chi connectivity index (χ2v) is 5.86. The van der Waals surface area contributed by atoms with Gasteiger partial charge in [0.1, 0.15) is 5.75 Å². The van der Waals surface area contributed by atoms with E-state index < -0.39 is 0 Å². The molecule has 3 rings (SSSR count). The predicted molar refractivity (Wildman–Crippen MR) is 82.3 cm³/mol. The summed E-state index contributed by atoms with van der Waals surface area (Å²) in [5.41, 5.74) is 7.10. The van der Waals surface area contributed by atoms with E-state index in [1.165, 1.54) is 18.5 Å². The molecule has 0 amide bonds. The first-order valence-corrected chi connectivity index (χ1v) is 7.65. The fourth-order valence-corrected chi connectivity index (χ4v) is 3.43. The fourth-order valence-electron chi connectivity index (χ4n) is 3.43. The molecular weight excluding hydrogens is 250 g/mol. The van der Waals surface area contributed by atoms with Crippen LogP contribution in [0.15, 0.2) is 24.3 Å². The van der Waals surface area contributed by atoms with E-state index in [2.05, 4.69) is 28.0 Å². The summed E-state index contributed by atoms with van der Waals surface area (Å²) in [7, 11) is 1.72. The smallest absolute Gasteiger partial charge is 0.120 e. The molecule has 2 aliphatic rings. The highest BCUT2D eigenvalue weighted by atomic mass is 16.5. The normalized spacial score (nSPS) is 27.2. The van der Waals surface area contributed by atoms with E-state index in [9.17, 15) is 0 Å². The first kappa shape index (κ1) is 13.7. The lowest BCUT2D eigenvalue weighted by Crippen LogP contribution is -2.56. The molecule has 1 saturated heterocycles. The molecule has 1 heterocycles. The maximum atomic E-state index is 5.83. The van der Waals surface area contributed by atoms with Crippen LogP contribution in [0.1, 0.15) is 12.8 Å². The summed E-state index contributed by atoms with van der Waals surface area (Å²) in [6.45, 7) is 5.35. The number of nitrogens with zero attached hydrogens (tertiary/aromatic N) is 2. The van der Waals surface area contributed by atoms with Crippen molar-refractivity contribution in [3.05, 3.63) is 24.3 Å². The Morgan fingerprint density at radius 1 is 1.20 bits per heavy atom. The van der Waals surface area contributed by atoms with Crippen molar-refractivity contribution in [3.8, 4) is 5.75 Å². The largest absolute Gasteiger partial charge is 0.497 e. The lowest BCUT2D eigenvalue weighted by molar-refractivity contribution is 0.0619. The van der Waals surface area contributed by atoms with E-state index in [0.29, 0.717) is 0 Å². The number of ether oxygens (including phenoxy) is 1. The third kappa shape index (κ3) is 2.63. The van der Waals surface area contributed by atoms with Gasteiger partial charge in [-0.05, 0) is 37.4 Å². The van der Waals surface area contributed by atoms with Crippen LogP contribution in [0.25, 0.3) is 0 Å². The van der Waals surface area contributed by atoms with Crippen LogP contribution in [0.3, 0.4) is 0 Å². The molecule has 110 valence electrons. The Hall–Kier alpha value is -1.26. The maximum Gasteiger partial charge on any atom is 0.120 e. The van der Waals surface area contributed by atoms with E-state index in [4.69, 9.17) is 10.5 Å². The van der Waals surface area contributed by atoms with Crippen LogP contribution in [0.5, 0.6) is 5.75 Å². The van der Waals surface area contributed by atoms with Gasteiger partial charge in [0.25, 0.3) is 0 Å². The standard InChI is InChI=1S/C16H25N3O/c1-20-15-4-2-3-14(11-15)18-7-9-19(10-8-18)16-6-5-13(16)12-17/h2-4,11,13,16H,5-10,12,17H2,1H3. The van der Waals surface area contributed by atoms with E-state index in [1.807, 2.05) is 6.07 Å². The average molecular weight is 275 g/mol. The van der Waals surface area contributed by atoms with Gasteiger partial charge in [0, 0.05) is 44.0 Å². The molecule has 4 heteroatoms. The SMILES string of the molecule is COc1cccc(N2CCN(C3CCC3CN)CC2)c1. The molecule has 1 aliphatic carbocycles. The van der Waals surface area contributed by atoms with Crippen molar-refractivity contribution in [3.63, 3.8) is 0 Å². The Morgan fingerprint density at radius 3 is 2.60 bits per heavy atom. The molecule has 0 aromatic heterocycles. The summed E-state index contributed by atoms with van der Waals surface area (Å²) in [6, 6.07) is 9.11. The van der Waals surface area contributed by atoms with Gasteiger partial charge in [-0.25, -0.2) is 0 Å². The fraction of sp³-hybridized carbons (Fsp3) is 0.625. The highest BCUT2D eigenvalue weighted by Gasteiger charge is 2.35. The van der Waals surface area contributed by atoms with Crippen molar-refractivity contribution in [2.24, 2.45) is 11.7 Å². The van der Waals surface area contributed by atoms with Gasteiger partial charge in [0.2, 0.25) is 0 Å². The summed E-state index contributed by atoms with van der Waals surface area (Å²) >= 11 is 0. The van der Waals surface area contributed by atoms with Crippen LogP contribution in [-0.2, 0) is 0 Å². The van der Waals surface area contributed by atoms with Crippen molar-refractivity contribution in [1.82, 2.24) is 4.90 Å². The molecule has 1 saturated carbocycles. The molecule has 1 aromatic rings. The molecule has 20 heavy (non-hydrogen) atoms. The van der Waals surface area contributed by atoms with Gasteiger partial charge in [-0.3, -0.25) is 4.90 Å². The van der Waals surface area contributed by atoms with Gasteiger partial charge in [-0.15, -0.1) is 0 Å². The average Bonchev–Trinajstić information content (AvgIpc) is 2.47. The molecule has 1 aromatic carbocycles. The summed E-state index contributed by atoms with van der Waals surface area (Å²) in [5, 5.41) is 0. The second-order valence-electron chi connectivity index (χ2n) is 5.86. The minimum absolute atomic E-state index is 0.735. The number of benzene rings is 1. The minimum atomic E-state index is 0.735. The summed E-state index contributed by atoms with van der Waals surface area (Å²) in [5.74, 6) is 1.67. The molecule has 0 radical (unpaired) electrons. The van der Waals surface area contributed by atoms with Crippen molar-refractivity contribution in [2.75, 3.05) is 44.7 Å². The number of rotatable bonds is 4. The van der Waals surface area contributed by atoms with Gasteiger partial charge in [-0.1, -0.05) is 6.07 Å². The van der Waals surface area contributed by atoms with Gasteiger partial charge >= 0.3 is 0 Å². The third-order valence-corrected chi connectivity index (χ3v) is 4.88. The molecule has 2 N–H and O–H groups in total. The lowest BCUT2D eigenvalue weighted by Gasteiger charge is -2.47. The van der Waals surface area contributed by atoms with Crippen LogP contribution in [-0.4, -0.2) is 50.8 Å².